The minimum Gasteiger partial charge on any atom is -0.305 e. The van der Waals surface area contributed by atoms with E-state index in [9.17, 15) is 5.26 Å². The van der Waals surface area contributed by atoms with E-state index in [4.69, 9.17) is 0 Å². The van der Waals surface area contributed by atoms with Crippen molar-refractivity contribution in [3.05, 3.63) is 77.4 Å². The number of unbranched alkanes of at least 4 members (excludes halogenated alkanes) is 1. The minimum absolute atomic E-state index is 0.746. The van der Waals surface area contributed by atoms with Crippen LogP contribution in [-0.4, -0.2) is 18.1 Å². The quantitative estimate of drug-likeness (QED) is 0.517. The van der Waals surface area contributed by atoms with Gasteiger partial charge in [0.2, 0.25) is 0 Å². The van der Waals surface area contributed by atoms with Crippen LogP contribution < -0.4 is 5.01 Å². The lowest BCUT2D eigenvalue weighted by molar-refractivity contribution is 0.205. The molecule has 0 amide bonds. The van der Waals surface area contributed by atoms with Crippen LogP contribution in [0.2, 0.25) is 0 Å². The normalized spacial score (nSPS) is 14.8. The van der Waals surface area contributed by atoms with Crippen molar-refractivity contribution in [2.24, 2.45) is 0 Å². The van der Waals surface area contributed by atoms with Crippen LogP contribution in [0.3, 0.4) is 0 Å². The van der Waals surface area contributed by atoms with E-state index in [1.807, 2.05) is 12.1 Å². The van der Waals surface area contributed by atoms with Gasteiger partial charge in [0, 0.05) is 30.4 Å². The summed E-state index contributed by atoms with van der Waals surface area (Å²) in [6, 6.07) is 23.8. The predicted octanol–water partition coefficient (Wildman–Crippen LogP) is 6.07. The number of anilines is 1. The third-order valence-corrected chi connectivity index (χ3v) is 5.88. The molecule has 3 heteroatoms. The van der Waals surface area contributed by atoms with Gasteiger partial charge in [-0.15, -0.1) is 0 Å². The van der Waals surface area contributed by atoms with Crippen molar-refractivity contribution >= 4 is 16.5 Å². The molecular weight excluding hydrogens is 354 g/mol. The smallest absolute Gasteiger partial charge is 0.0998 e. The van der Waals surface area contributed by atoms with Gasteiger partial charge in [0.05, 0.1) is 17.3 Å². The van der Waals surface area contributed by atoms with Crippen LogP contribution in [0.15, 0.2) is 60.7 Å². The second-order valence-corrected chi connectivity index (χ2v) is 7.93. The number of fused-ring (bicyclic) bond motifs is 1. The highest BCUT2D eigenvalue weighted by atomic mass is 15.6. The van der Waals surface area contributed by atoms with Gasteiger partial charge >= 0.3 is 0 Å². The highest BCUT2D eigenvalue weighted by molar-refractivity contribution is 5.97. The summed E-state index contributed by atoms with van der Waals surface area (Å²) in [5.74, 6) is 0. The molecule has 29 heavy (non-hydrogen) atoms. The Balaban J connectivity index is 1.60. The lowest BCUT2D eigenvalue weighted by Crippen LogP contribution is -2.47. The second-order valence-electron chi connectivity index (χ2n) is 7.93. The Morgan fingerprint density at radius 3 is 2.34 bits per heavy atom. The molecule has 3 aromatic rings. The van der Waals surface area contributed by atoms with E-state index in [0.29, 0.717) is 0 Å². The van der Waals surface area contributed by atoms with Crippen LogP contribution in [0, 0.1) is 11.3 Å². The highest BCUT2D eigenvalue weighted by Crippen LogP contribution is 2.32. The van der Waals surface area contributed by atoms with Gasteiger partial charge in [-0.05, 0) is 48.9 Å². The molecule has 0 saturated carbocycles. The van der Waals surface area contributed by atoms with E-state index < -0.39 is 0 Å². The molecule has 1 aliphatic rings. The maximum absolute atomic E-state index is 9.49. The van der Waals surface area contributed by atoms with Crippen molar-refractivity contribution < 1.29 is 0 Å². The van der Waals surface area contributed by atoms with Gasteiger partial charge in [-0.1, -0.05) is 61.9 Å². The number of nitrogens with zero attached hydrogens (tertiary/aromatic N) is 3. The average Bonchev–Trinajstić information content (AvgIpc) is 2.78. The summed E-state index contributed by atoms with van der Waals surface area (Å²) < 4.78 is 0. The molecular formula is C26H29N3. The summed E-state index contributed by atoms with van der Waals surface area (Å²) in [5.41, 5.74) is 4.74. The Labute approximate surface area is 174 Å². The van der Waals surface area contributed by atoms with Gasteiger partial charge < -0.3 is 5.01 Å². The number of aryl methyl sites for hydroxylation is 1. The van der Waals surface area contributed by atoms with Gasteiger partial charge in [-0.25, -0.2) is 5.01 Å². The first kappa shape index (κ1) is 19.5. The van der Waals surface area contributed by atoms with Gasteiger partial charge in [0.1, 0.15) is 0 Å². The van der Waals surface area contributed by atoms with Gasteiger partial charge in [-0.3, -0.25) is 0 Å². The molecule has 0 radical (unpaired) electrons. The van der Waals surface area contributed by atoms with Gasteiger partial charge in [-0.2, -0.15) is 5.26 Å². The van der Waals surface area contributed by atoms with Gasteiger partial charge in [0.15, 0.2) is 0 Å². The molecule has 3 nitrogen and oxygen atoms in total. The number of nitriles is 1. The van der Waals surface area contributed by atoms with E-state index >= 15 is 0 Å². The monoisotopic (exact) mass is 383 g/mol. The van der Waals surface area contributed by atoms with E-state index in [2.05, 4.69) is 71.5 Å². The first-order chi connectivity index (χ1) is 14.3. The SMILES string of the molecule is CCCCc1ccc(CN2CCCCN2c2ccc(C#N)c3ccccc23)cc1. The van der Waals surface area contributed by atoms with Gasteiger partial charge in [0.25, 0.3) is 0 Å². The predicted molar refractivity (Wildman–Crippen MR) is 121 cm³/mol. The molecule has 1 saturated heterocycles. The van der Waals surface area contributed by atoms with Crippen molar-refractivity contribution in [1.29, 1.82) is 5.26 Å². The van der Waals surface area contributed by atoms with Crippen molar-refractivity contribution in [1.82, 2.24) is 5.01 Å². The van der Waals surface area contributed by atoms with E-state index in [-0.39, 0.29) is 0 Å². The van der Waals surface area contributed by atoms with Crippen LogP contribution in [0.4, 0.5) is 5.69 Å². The summed E-state index contributed by atoms with van der Waals surface area (Å²) in [4.78, 5) is 0. The van der Waals surface area contributed by atoms with E-state index in [1.54, 1.807) is 0 Å². The van der Waals surface area contributed by atoms with Crippen LogP contribution in [-0.2, 0) is 13.0 Å². The average molecular weight is 384 g/mol. The molecule has 1 aliphatic heterocycles. The Kier molecular flexibility index (Phi) is 6.12. The molecule has 1 fully saturated rings. The van der Waals surface area contributed by atoms with Crippen molar-refractivity contribution in [2.75, 3.05) is 18.1 Å². The number of rotatable bonds is 6. The number of hydrogen-bond donors (Lipinski definition) is 0. The number of hydrazine groups is 1. The lowest BCUT2D eigenvalue weighted by Gasteiger charge is -2.41. The summed E-state index contributed by atoms with van der Waals surface area (Å²) in [6.07, 6.45) is 6.08. The van der Waals surface area contributed by atoms with Crippen LogP contribution in [0.25, 0.3) is 10.8 Å². The zero-order valence-electron chi connectivity index (χ0n) is 17.3. The maximum Gasteiger partial charge on any atom is 0.0998 e. The molecule has 148 valence electrons. The Hall–Kier alpha value is -2.83. The van der Waals surface area contributed by atoms with Crippen LogP contribution >= 0.6 is 0 Å². The molecule has 0 aliphatic carbocycles. The van der Waals surface area contributed by atoms with E-state index in [1.165, 1.54) is 48.9 Å². The Bertz CT molecular complexity index is 1000. The molecule has 3 aromatic carbocycles. The highest BCUT2D eigenvalue weighted by Gasteiger charge is 2.22. The summed E-state index contributed by atoms with van der Waals surface area (Å²) >= 11 is 0. The largest absolute Gasteiger partial charge is 0.305 e. The fraction of sp³-hybridized carbons (Fsp3) is 0.346. The third kappa shape index (κ3) is 4.28. The molecule has 1 heterocycles. The first-order valence-corrected chi connectivity index (χ1v) is 10.8. The Morgan fingerprint density at radius 2 is 1.59 bits per heavy atom. The van der Waals surface area contributed by atoms with Crippen molar-refractivity contribution in [3.8, 4) is 6.07 Å². The molecule has 0 bridgehead atoms. The van der Waals surface area contributed by atoms with E-state index in [0.717, 1.165) is 36.0 Å². The second kappa shape index (κ2) is 9.11. The molecule has 0 unspecified atom stereocenters. The fourth-order valence-electron chi connectivity index (χ4n) is 4.26. The van der Waals surface area contributed by atoms with Crippen molar-refractivity contribution in [3.63, 3.8) is 0 Å². The molecule has 0 N–H and O–H groups in total. The van der Waals surface area contributed by atoms with Crippen LogP contribution in [0.1, 0.15) is 49.3 Å². The number of hydrogen-bond acceptors (Lipinski definition) is 3. The van der Waals surface area contributed by atoms with Crippen molar-refractivity contribution in [2.45, 2.75) is 45.6 Å². The standard InChI is InChI=1S/C26H29N3/c1-2-3-8-21-11-13-22(14-12-21)20-28-17-6-7-18-29(28)26-16-15-23(19-27)24-9-4-5-10-25(24)26/h4-5,9-16H,2-3,6-8,17-18,20H2,1H3. The fourth-order valence-corrected chi connectivity index (χ4v) is 4.26. The topological polar surface area (TPSA) is 30.3 Å². The maximum atomic E-state index is 9.49. The summed E-state index contributed by atoms with van der Waals surface area (Å²) in [5, 5.41) is 16.6. The Morgan fingerprint density at radius 1 is 0.862 bits per heavy atom. The summed E-state index contributed by atoms with van der Waals surface area (Å²) in [7, 11) is 0. The molecule has 0 atom stereocenters. The zero-order chi connectivity index (χ0) is 20.1. The minimum atomic E-state index is 0.746. The summed E-state index contributed by atoms with van der Waals surface area (Å²) in [6.45, 7) is 5.24. The number of benzene rings is 3. The molecule has 0 aromatic heterocycles. The zero-order valence-corrected chi connectivity index (χ0v) is 17.3. The third-order valence-electron chi connectivity index (χ3n) is 5.88. The first-order valence-electron chi connectivity index (χ1n) is 10.8. The molecule has 0 spiro atoms. The lowest BCUT2D eigenvalue weighted by atomic mass is 10.0. The molecule has 4 rings (SSSR count). The van der Waals surface area contributed by atoms with Crippen LogP contribution in [0.5, 0.6) is 0 Å².